The smallest absolute Gasteiger partial charge is 0.0762 e. The zero-order valence-electron chi connectivity index (χ0n) is 9.45. The molecule has 0 saturated heterocycles. The Morgan fingerprint density at radius 2 is 1.88 bits per heavy atom. The number of aryl methyl sites for hydroxylation is 1. The molecule has 0 aliphatic rings. The number of hydrogen-bond acceptors (Lipinski definition) is 2. The fraction of sp³-hybridized carbons (Fsp3) is 0.250. The fourth-order valence-corrected chi connectivity index (χ4v) is 2.18. The lowest BCUT2D eigenvalue weighted by Crippen LogP contribution is -2.13. The maximum absolute atomic E-state index is 5.92. The molecule has 1 heterocycles. The lowest BCUT2D eigenvalue weighted by molar-refractivity contribution is 0.656. The van der Waals surface area contributed by atoms with Gasteiger partial charge in [0.05, 0.1) is 5.69 Å². The van der Waals surface area contributed by atoms with Crippen molar-refractivity contribution in [3.63, 3.8) is 0 Å². The zero-order chi connectivity index (χ0) is 12.3. The van der Waals surface area contributed by atoms with E-state index in [0.29, 0.717) is 10.0 Å². The van der Waals surface area contributed by atoms with E-state index >= 15 is 0 Å². The highest BCUT2D eigenvalue weighted by Gasteiger charge is 1.99. The number of nitrogens with one attached hydrogen (secondary N) is 1. The van der Waals surface area contributed by atoms with Crippen molar-refractivity contribution in [1.29, 1.82) is 0 Å². The first-order valence-corrected chi connectivity index (χ1v) is 6.03. The lowest BCUT2D eigenvalue weighted by atomic mass is 10.2. The first-order valence-electron chi connectivity index (χ1n) is 5.28. The first kappa shape index (κ1) is 12.4. The van der Waals surface area contributed by atoms with E-state index in [1.165, 1.54) is 0 Å². The van der Waals surface area contributed by atoms with Gasteiger partial charge >= 0.3 is 0 Å². The van der Waals surface area contributed by atoms with Gasteiger partial charge in [0.25, 0.3) is 0 Å². The summed E-state index contributed by atoms with van der Waals surface area (Å²) in [6.07, 6.45) is 1.92. The number of rotatable bonds is 4. The second-order valence-corrected chi connectivity index (χ2v) is 4.73. The zero-order valence-corrected chi connectivity index (χ0v) is 11.0. The van der Waals surface area contributed by atoms with Crippen LogP contribution in [0.5, 0.6) is 0 Å². The summed E-state index contributed by atoms with van der Waals surface area (Å²) in [7, 11) is 1.90. The molecule has 0 aliphatic carbocycles. The van der Waals surface area contributed by atoms with Gasteiger partial charge in [-0.1, -0.05) is 23.2 Å². The van der Waals surface area contributed by atoms with Gasteiger partial charge in [-0.3, -0.25) is 4.68 Å². The molecule has 1 aromatic heterocycles. The summed E-state index contributed by atoms with van der Waals surface area (Å²) in [4.78, 5) is 0. The summed E-state index contributed by atoms with van der Waals surface area (Å²) in [5.41, 5.74) is 2.08. The van der Waals surface area contributed by atoms with Crippen molar-refractivity contribution in [3.8, 4) is 0 Å². The Hall–Kier alpha value is -1.03. The van der Waals surface area contributed by atoms with Gasteiger partial charge < -0.3 is 5.32 Å². The number of hydrogen-bond donors (Lipinski definition) is 1. The van der Waals surface area contributed by atoms with Crippen molar-refractivity contribution >= 4 is 23.2 Å². The summed E-state index contributed by atoms with van der Waals surface area (Å²) >= 11 is 11.8. The second-order valence-electron chi connectivity index (χ2n) is 3.86. The Morgan fingerprint density at radius 1 is 1.18 bits per heavy atom. The highest BCUT2D eigenvalue weighted by Crippen LogP contribution is 2.18. The van der Waals surface area contributed by atoms with Gasteiger partial charge in [-0.15, -0.1) is 0 Å². The molecule has 3 nitrogen and oxygen atoms in total. The molecule has 90 valence electrons. The molecule has 0 fully saturated rings. The molecule has 0 atom stereocenters. The Labute approximate surface area is 110 Å². The van der Waals surface area contributed by atoms with Crippen LogP contribution in [0.15, 0.2) is 30.5 Å². The third-order valence-electron chi connectivity index (χ3n) is 2.33. The highest BCUT2D eigenvalue weighted by molar-refractivity contribution is 6.34. The molecule has 0 saturated carbocycles. The molecule has 1 N–H and O–H groups in total. The highest BCUT2D eigenvalue weighted by atomic mass is 35.5. The average Bonchev–Trinajstić information content (AvgIpc) is 2.63. The van der Waals surface area contributed by atoms with Gasteiger partial charge in [-0.05, 0) is 29.8 Å². The molecule has 0 amide bonds. The molecule has 5 heteroatoms. The van der Waals surface area contributed by atoms with Crippen LogP contribution >= 0.6 is 23.2 Å². The van der Waals surface area contributed by atoms with E-state index in [4.69, 9.17) is 23.2 Å². The molecule has 2 aromatic rings. The van der Waals surface area contributed by atoms with Crippen LogP contribution in [0.1, 0.15) is 11.3 Å². The van der Waals surface area contributed by atoms with Crippen LogP contribution in [0.25, 0.3) is 0 Å². The third-order valence-corrected chi connectivity index (χ3v) is 2.76. The molecule has 2 rings (SSSR count). The molecular weight excluding hydrogens is 257 g/mol. The number of nitrogens with zero attached hydrogens (tertiary/aromatic N) is 2. The summed E-state index contributed by atoms with van der Waals surface area (Å²) in [6, 6.07) is 7.51. The topological polar surface area (TPSA) is 29.9 Å². The number of halogens is 2. The minimum Gasteiger partial charge on any atom is -0.307 e. The normalized spacial score (nSPS) is 10.8. The van der Waals surface area contributed by atoms with Gasteiger partial charge in [0.1, 0.15) is 0 Å². The van der Waals surface area contributed by atoms with Crippen molar-refractivity contribution < 1.29 is 0 Å². The van der Waals surface area contributed by atoms with E-state index in [0.717, 1.165) is 24.3 Å². The van der Waals surface area contributed by atoms with Crippen molar-refractivity contribution in [2.75, 3.05) is 0 Å². The van der Waals surface area contributed by atoms with E-state index in [2.05, 4.69) is 10.4 Å². The van der Waals surface area contributed by atoms with Crippen LogP contribution in [-0.2, 0) is 20.1 Å². The predicted molar refractivity (Wildman–Crippen MR) is 70.2 cm³/mol. The van der Waals surface area contributed by atoms with E-state index in [9.17, 15) is 0 Å². The van der Waals surface area contributed by atoms with Crippen LogP contribution in [0, 0.1) is 0 Å². The van der Waals surface area contributed by atoms with E-state index < -0.39 is 0 Å². The Balaban J connectivity index is 1.89. The van der Waals surface area contributed by atoms with Gasteiger partial charge in [-0.2, -0.15) is 5.10 Å². The summed E-state index contributed by atoms with van der Waals surface area (Å²) in [5, 5.41) is 8.89. The van der Waals surface area contributed by atoms with E-state index in [-0.39, 0.29) is 0 Å². The molecule has 0 unspecified atom stereocenters. The van der Waals surface area contributed by atoms with Gasteiger partial charge in [-0.25, -0.2) is 0 Å². The maximum Gasteiger partial charge on any atom is 0.0762 e. The largest absolute Gasteiger partial charge is 0.307 e. The molecule has 0 spiro atoms. The molecule has 0 bridgehead atoms. The number of aromatic nitrogens is 2. The van der Waals surface area contributed by atoms with Crippen LogP contribution in [0.2, 0.25) is 10.0 Å². The monoisotopic (exact) mass is 269 g/mol. The van der Waals surface area contributed by atoms with Gasteiger partial charge in [0.15, 0.2) is 0 Å². The van der Waals surface area contributed by atoms with Gasteiger partial charge in [0.2, 0.25) is 0 Å². The lowest BCUT2D eigenvalue weighted by Gasteiger charge is -2.04. The molecule has 0 aliphatic heterocycles. The van der Waals surface area contributed by atoms with Crippen molar-refractivity contribution in [2.45, 2.75) is 13.1 Å². The average molecular weight is 270 g/mol. The van der Waals surface area contributed by atoms with Crippen LogP contribution < -0.4 is 5.32 Å². The first-order chi connectivity index (χ1) is 8.13. The molecule has 1 aromatic carbocycles. The van der Waals surface area contributed by atoms with Crippen LogP contribution in [0.4, 0.5) is 0 Å². The van der Waals surface area contributed by atoms with Gasteiger partial charge in [0, 0.05) is 36.4 Å². The van der Waals surface area contributed by atoms with Crippen molar-refractivity contribution in [2.24, 2.45) is 7.05 Å². The molecule has 17 heavy (non-hydrogen) atoms. The minimum absolute atomic E-state index is 0.659. The fourth-order valence-electron chi connectivity index (χ4n) is 1.61. The maximum atomic E-state index is 5.92. The molecule has 0 radical (unpaired) electrons. The minimum atomic E-state index is 0.659. The Kier molecular flexibility index (Phi) is 4.05. The SMILES string of the molecule is Cn1ccc(CNCc2cc(Cl)cc(Cl)c2)n1. The second kappa shape index (κ2) is 5.54. The standard InChI is InChI=1S/C12H13Cl2N3/c1-17-3-2-12(16-17)8-15-7-9-4-10(13)6-11(14)5-9/h2-6,15H,7-8H2,1H3. The van der Waals surface area contributed by atoms with E-state index in [1.807, 2.05) is 31.4 Å². The van der Waals surface area contributed by atoms with Crippen molar-refractivity contribution in [3.05, 3.63) is 51.8 Å². The Morgan fingerprint density at radius 3 is 2.47 bits per heavy atom. The predicted octanol–water partition coefficient (Wildman–Crippen LogP) is 3.02. The van der Waals surface area contributed by atoms with Crippen LogP contribution in [-0.4, -0.2) is 9.78 Å². The quantitative estimate of drug-likeness (QED) is 0.925. The van der Waals surface area contributed by atoms with E-state index in [1.54, 1.807) is 10.7 Å². The third kappa shape index (κ3) is 3.73. The molecular formula is C12H13Cl2N3. The summed E-state index contributed by atoms with van der Waals surface area (Å²) in [5.74, 6) is 0. The summed E-state index contributed by atoms with van der Waals surface area (Å²) in [6.45, 7) is 1.45. The van der Waals surface area contributed by atoms with Crippen molar-refractivity contribution in [1.82, 2.24) is 15.1 Å². The number of benzene rings is 1. The Bertz CT molecular complexity index is 488. The van der Waals surface area contributed by atoms with Crippen LogP contribution in [0.3, 0.4) is 0 Å². The summed E-state index contributed by atoms with van der Waals surface area (Å²) < 4.78 is 1.78.